The Morgan fingerprint density at radius 3 is 2.73 bits per heavy atom. The number of fused-ring (bicyclic) bond motifs is 1. The lowest BCUT2D eigenvalue weighted by Crippen LogP contribution is -1.96. The van der Waals surface area contributed by atoms with Crippen LogP contribution in [0.4, 0.5) is 16.4 Å². The molecular weight excluding hydrogens is 298 g/mol. The number of aryl methyl sites for hydroxylation is 1. The summed E-state index contributed by atoms with van der Waals surface area (Å²) in [6, 6.07) is 14.4. The third-order valence-electron chi connectivity index (χ3n) is 3.38. The molecule has 0 saturated heterocycles. The molecule has 0 aliphatic carbocycles. The first-order valence-electron chi connectivity index (χ1n) is 6.54. The Bertz CT molecular complexity index is 925. The van der Waals surface area contributed by atoms with E-state index in [4.69, 9.17) is 0 Å². The Labute approximate surface area is 130 Å². The SMILES string of the molecule is Cc1cccc2sc(Nc3ccccc3[N+](=O)[O-])c(C#N)c12. The molecule has 2 aromatic carbocycles. The van der Waals surface area contributed by atoms with Gasteiger partial charge in [0.1, 0.15) is 16.8 Å². The number of rotatable bonds is 3. The van der Waals surface area contributed by atoms with Gasteiger partial charge in [0.15, 0.2) is 0 Å². The molecule has 0 spiro atoms. The van der Waals surface area contributed by atoms with Crippen molar-refractivity contribution >= 4 is 37.8 Å². The number of nitrogens with one attached hydrogen (secondary N) is 1. The van der Waals surface area contributed by atoms with Gasteiger partial charge in [-0.15, -0.1) is 11.3 Å². The first-order chi connectivity index (χ1) is 10.6. The highest BCUT2D eigenvalue weighted by Crippen LogP contribution is 2.39. The number of hydrogen-bond donors (Lipinski definition) is 1. The minimum atomic E-state index is -0.438. The molecule has 3 rings (SSSR count). The summed E-state index contributed by atoms with van der Waals surface area (Å²) in [6.45, 7) is 1.95. The van der Waals surface area contributed by atoms with Crippen LogP contribution in [0, 0.1) is 28.4 Å². The van der Waals surface area contributed by atoms with E-state index in [2.05, 4.69) is 11.4 Å². The lowest BCUT2D eigenvalue weighted by Gasteiger charge is -2.05. The molecule has 0 atom stereocenters. The van der Waals surface area contributed by atoms with Crippen molar-refractivity contribution in [3.63, 3.8) is 0 Å². The molecular formula is C16H11N3O2S. The molecule has 0 aliphatic heterocycles. The zero-order chi connectivity index (χ0) is 15.7. The van der Waals surface area contributed by atoms with Crippen molar-refractivity contribution < 1.29 is 4.92 Å². The van der Waals surface area contributed by atoms with Gasteiger partial charge in [0.05, 0.1) is 10.5 Å². The summed E-state index contributed by atoms with van der Waals surface area (Å²) >= 11 is 1.42. The summed E-state index contributed by atoms with van der Waals surface area (Å²) < 4.78 is 0.984. The Morgan fingerprint density at radius 2 is 2.00 bits per heavy atom. The molecule has 108 valence electrons. The van der Waals surface area contributed by atoms with Crippen molar-refractivity contribution in [2.24, 2.45) is 0 Å². The predicted molar refractivity (Wildman–Crippen MR) is 87.7 cm³/mol. The van der Waals surface area contributed by atoms with E-state index in [9.17, 15) is 15.4 Å². The highest BCUT2D eigenvalue weighted by Gasteiger charge is 2.18. The number of nitro benzene ring substituents is 1. The molecule has 0 amide bonds. The van der Waals surface area contributed by atoms with Crippen LogP contribution in [0.3, 0.4) is 0 Å². The Kier molecular flexibility index (Phi) is 3.49. The molecule has 1 aromatic heterocycles. The van der Waals surface area contributed by atoms with E-state index in [0.29, 0.717) is 16.3 Å². The summed E-state index contributed by atoms with van der Waals surface area (Å²) in [5, 5.41) is 25.1. The number of thiophene rings is 1. The maximum atomic E-state index is 11.1. The molecule has 1 heterocycles. The van der Waals surface area contributed by atoms with E-state index >= 15 is 0 Å². The van der Waals surface area contributed by atoms with Gasteiger partial charge < -0.3 is 5.32 Å². The highest BCUT2D eigenvalue weighted by molar-refractivity contribution is 7.23. The fourth-order valence-corrected chi connectivity index (χ4v) is 3.52. The summed E-state index contributed by atoms with van der Waals surface area (Å²) in [7, 11) is 0. The van der Waals surface area contributed by atoms with Crippen LogP contribution in [0.2, 0.25) is 0 Å². The zero-order valence-electron chi connectivity index (χ0n) is 11.7. The van der Waals surface area contributed by atoms with Gasteiger partial charge >= 0.3 is 0 Å². The van der Waals surface area contributed by atoms with E-state index in [1.165, 1.54) is 17.4 Å². The average Bonchev–Trinajstić information content (AvgIpc) is 2.86. The van der Waals surface area contributed by atoms with Crippen LogP contribution in [-0.4, -0.2) is 4.92 Å². The second-order valence-electron chi connectivity index (χ2n) is 4.77. The van der Waals surface area contributed by atoms with Crippen LogP contribution >= 0.6 is 11.3 Å². The van der Waals surface area contributed by atoms with Crippen LogP contribution < -0.4 is 5.32 Å². The van der Waals surface area contributed by atoms with Gasteiger partial charge in [-0.05, 0) is 24.6 Å². The summed E-state index contributed by atoms with van der Waals surface area (Å²) in [6.07, 6.45) is 0. The average molecular weight is 309 g/mol. The van der Waals surface area contributed by atoms with Gasteiger partial charge in [-0.3, -0.25) is 10.1 Å². The first kappa shape index (κ1) is 14.0. The van der Waals surface area contributed by atoms with Crippen molar-refractivity contribution in [1.82, 2.24) is 0 Å². The first-order valence-corrected chi connectivity index (χ1v) is 7.36. The molecule has 0 bridgehead atoms. The van der Waals surface area contributed by atoms with Crippen LogP contribution in [0.1, 0.15) is 11.1 Å². The maximum absolute atomic E-state index is 11.1. The molecule has 5 nitrogen and oxygen atoms in total. The third-order valence-corrected chi connectivity index (χ3v) is 4.45. The number of benzene rings is 2. The van der Waals surface area contributed by atoms with E-state index in [-0.39, 0.29) is 5.69 Å². The van der Waals surface area contributed by atoms with Crippen LogP contribution in [0.25, 0.3) is 10.1 Å². The standard InChI is InChI=1S/C16H11N3O2S/c1-10-5-4-8-14-15(10)11(9-17)16(22-14)18-12-6-2-3-7-13(12)19(20)21/h2-8,18H,1H3. The maximum Gasteiger partial charge on any atom is 0.292 e. The summed E-state index contributed by atoms with van der Waals surface area (Å²) in [5.41, 5.74) is 1.91. The smallest absolute Gasteiger partial charge is 0.292 e. The summed E-state index contributed by atoms with van der Waals surface area (Å²) in [4.78, 5) is 10.7. The molecule has 6 heteroatoms. The van der Waals surface area contributed by atoms with Crippen LogP contribution in [0.15, 0.2) is 42.5 Å². The summed E-state index contributed by atoms with van der Waals surface area (Å²) in [5.74, 6) is 0. The normalized spacial score (nSPS) is 10.4. The fraction of sp³-hybridized carbons (Fsp3) is 0.0625. The fourth-order valence-electron chi connectivity index (χ4n) is 2.38. The van der Waals surface area contributed by atoms with Crippen molar-refractivity contribution in [3.05, 3.63) is 63.7 Å². The Hall–Kier alpha value is -2.91. The van der Waals surface area contributed by atoms with E-state index in [1.54, 1.807) is 18.2 Å². The van der Waals surface area contributed by atoms with Crippen LogP contribution in [0.5, 0.6) is 0 Å². The molecule has 0 fully saturated rings. The minimum Gasteiger partial charge on any atom is -0.341 e. The number of hydrogen-bond acceptors (Lipinski definition) is 5. The van der Waals surface area contributed by atoms with Gasteiger partial charge in [-0.25, -0.2) is 0 Å². The van der Waals surface area contributed by atoms with Gasteiger partial charge in [0.25, 0.3) is 5.69 Å². The van der Waals surface area contributed by atoms with Crippen LogP contribution in [-0.2, 0) is 0 Å². The van der Waals surface area contributed by atoms with Gasteiger partial charge in [0, 0.05) is 16.2 Å². The van der Waals surface area contributed by atoms with Gasteiger partial charge in [-0.1, -0.05) is 24.3 Å². The second kappa shape index (κ2) is 5.47. The number of para-hydroxylation sites is 2. The second-order valence-corrected chi connectivity index (χ2v) is 5.82. The van der Waals surface area contributed by atoms with Crippen molar-refractivity contribution in [2.45, 2.75) is 6.92 Å². The molecule has 22 heavy (non-hydrogen) atoms. The molecule has 0 unspecified atom stereocenters. The van der Waals surface area contributed by atoms with Crippen molar-refractivity contribution in [3.8, 4) is 6.07 Å². The minimum absolute atomic E-state index is 0.0134. The largest absolute Gasteiger partial charge is 0.341 e. The number of nitro groups is 1. The zero-order valence-corrected chi connectivity index (χ0v) is 12.5. The van der Waals surface area contributed by atoms with E-state index < -0.39 is 4.92 Å². The van der Waals surface area contributed by atoms with Crippen molar-refractivity contribution in [1.29, 1.82) is 5.26 Å². The van der Waals surface area contributed by atoms with E-state index in [0.717, 1.165) is 15.6 Å². The number of anilines is 2. The number of nitriles is 1. The number of nitrogens with zero attached hydrogens (tertiary/aromatic N) is 2. The Balaban J connectivity index is 2.15. The molecule has 0 aliphatic rings. The Morgan fingerprint density at radius 1 is 1.23 bits per heavy atom. The molecule has 1 N–H and O–H groups in total. The monoisotopic (exact) mass is 309 g/mol. The van der Waals surface area contributed by atoms with Gasteiger partial charge in [0.2, 0.25) is 0 Å². The molecule has 3 aromatic rings. The third kappa shape index (κ3) is 2.28. The molecule has 0 saturated carbocycles. The van der Waals surface area contributed by atoms with Gasteiger partial charge in [-0.2, -0.15) is 5.26 Å². The lowest BCUT2D eigenvalue weighted by molar-refractivity contribution is -0.383. The van der Waals surface area contributed by atoms with E-state index in [1.807, 2.05) is 25.1 Å². The lowest BCUT2D eigenvalue weighted by atomic mass is 10.1. The highest BCUT2D eigenvalue weighted by atomic mass is 32.1. The van der Waals surface area contributed by atoms with Crippen molar-refractivity contribution in [2.75, 3.05) is 5.32 Å². The topological polar surface area (TPSA) is 79.0 Å². The quantitative estimate of drug-likeness (QED) is 0.560. The predicted octanol–water partition coefficient (Wildman–Crippen LogP) is 4.73. The molecule has 0 radical (unpaired) electrons.